The fourth-order valence-electron chi connectivity index (χ4n) is 2.14. The normalized spacial score (nSPS) is 9.85. The second kappa shape index (κ2) is 10.2. The average Bonchev–Trinajstić information content (AvgIpc) is 2.66. The summed E-state index contributed by atoms with van der Waals surface area (Å²) in [6, 6.07) is 13.5. The van der Waals surface area contributed by atoms with Crippen LogP contribution in [0.3, 0.4) is 0 Å². The molecule has 0 aliphatic rings. The Morgan fingerprint density at radius 2 is 1.78 bits per heavy atom. The van der Waals surface area contributed by atoms with E-state index in [1.165, 1.54) is 0 Å². The molecule has 27 heavy (non-hydrogen) atoms. The maximum Gasteiger partial charge on any atom is 0.277 e. The van der Waals surface area contributed by atoms with Crippen LogP contribution in [0, 0.1) is 11.8 Å². The molecule has 2 rings (SSSR count). The Bertz CT molecular complexity index is 839. The number of hydrogen-bond acceptors (Lipinski definition) is 4. The second-order valence-electron chi connectivity index (χ2n) is 5.62. The van der Waals surface area contributed by atoms with Crippen LogP contribution in [-0.2, 0) is 4.79 Å². The van der Waals surface area contributed by atoms with Gasteiger partial charge in [0.1, 0.15) is 12.4 Å². The number of primary amides is 1. The van der Waals surface area contributed by atoms with Gasteiger partial charge >= 0.3 is 0 Å². The van der Waals surface area contributed by atoms with Crippen molar-refractivity contribution in [2.75, 3.05) is 13.2 Å². The Balaban J connectivity index is 1.84. The van der Waals surface area contributed by atoms with Gasteiger partial charge in [-0.3, -0.25) is 14.8 Å². The van der Waals surface area contributed by atoms with E-state index in [-0.39, 0.29) is 19.6 Å². The van der Waals surface area contributed by atoms with Crippen molar-refractivity contribution in [3.05, 3.63) is 64.7 Å². The van der Waals surface area contributed by atoms with E-state index in [4.69, 9.17) is 22.1 Å². The minimum atomic E-state index is -0.551. The molecule has 0 radical (unpaired) electrons. The van der Waals surface area contributed by atoms with Crippen molar-refractivity contribution in [3.8, 4) is 17.6 Å². The summed E-state index contributed by atoms with van der Waals surface area (Å²) in [5.41, 5.74) is 6.05. The lowest BCUT2D eigenvalue weighted by Gasteiger charge is -2.14. The van der Waals surface area contributed by atoms with E-state index in [0.29, 0.717) is 33.4 Å². The summed E-state index contributed by atoms with van der Waals surface area (Å²) in [6.45, 7) is 0.248. The quantitative estimate of drug-likeness (QED) is 0.434. The number of hydrogen-bond donors (Lipinski definition) is 2. The van der Waals surface area contributed by atoms with E-state index in [1.807, 2.05) is 0 Å². The van der Waals surface area contributed by atoms with E-state index in [9.17, 15) is 14.8 Å². The van der Waals surface area contributed by atoms with Crippen LogP contribution < -0.4 is 10.5 Å². The molecule has 0 bridgehead atoms. The van der Waals surface area contributed by atoms with Gasteiger partial charge in [0.2, 0.25) is 5.91 Å². The van der Waals surface area contributed by atoms with Gasteiger partial charge in [-0.05, 0) is 55.0 Å². The molecule has 2 aromatic carbocycles. The Kier molecular flexibility index (Phi) is 7.68. The molecule has 6 nitrogen and oxygen atoms in total. The van der Waals surface area contributed by atoms with Crippen molar-refractivity contribution in [1.29, 1.82) is 0 Å². The third-order valence-corrected chi connectivity index (χ3v) is 3.77. The third kappa shape index (κ3) is 7.02. The van der Waals surface area contributed by atoms with Gasteiger partial charge in [-0.25, -0.2) is 5.06 Å². The molecule has 2 amide bonds. The Labute approximate surface area is 162 Å². The first-order valence-electron chi connectivity index (χ1n) is 8.22. The predicted octanol–water partition coefficient (Wildman–Crippen LogP) is 2.87. The van der Waals surface area contributed by atoms with Crippen LogP contribution in [0.4, 0.5) is 0 Å². The van der Waals surface area contributed by atoms with Gasteiger partial charge in [0, 0.05) is 29.1 Å². The van der Waals surface area contributed by atoms with Crippen LogP contribution in [0.25, 0.3) is 0 Å². The zero-order chi connectivity index (χ0) is 19.6. The first-order chi connectivity index (χ1) is 13.0. The number of rotatable bonds is 7. The number of benzene rings is 2. The number of amides is 2. The number of hydroxylamine groups is 2. The lowest BCUT2D eigenvalue weighted by atomic mass is 10.1. The molecular weight excluding hydrogens is 368 g/mol. The molecule has 0 spiro atoms. The largest absolute Gasteiger partial charge is 0.481 e. The molecule has 0 unspecified atom stereocenters. The molecule has 0 heterocycles. The van der Waals surface area contributed by atoms with Gasteiger partial charge in [-0.1, -0.05) is 23.4 Å². The maximum atomic E-state index is 12.1. The number of halogens is 1. The summed E-state index contributed by atoms with van der Waals surface area (Å²) >= 11 is 5.80. The van der Waals surface area contributed by atoms with Gasteiger partial charge in [0.05, 0.1) is 0 Å². The standard InChI is InChI=1S/C20H19ClN2O4/c21-17-9-11-18(12-10-17)27-14-2-3-15-5-7-16(8-6-15)20(25)23(26)13-1-4-19(22)24/h5-12,26H,1,4,13-14H2,(H2,22,24). The Hall–Kier alpha value is -3.01. The van der Waals surface area contributed by atoms with Crippen molar-refractivity contribution in [1.82, 2.24) is 5.06 Å². The smallest absolute Gasteiger partial charge is 0.277 e. The van der Waals surface area contributed by atoms with Crippen LogP contribution >= 0.6 is 11.6 Å². The van der Waals surface area contributed by atoms with Gasteiger partial charge in [-0.2, -0.15) is 0 Å². The highest BCUT2D eigenvalue weighted by Crippen LogP contribution is 2.15. The minimum absolute atomic E-state index is 0.0331. The van der Waals surface area contributed by atoms with Crippen LogP contribution in [0.5, 0.6) is 5.75 Å². The summed E-state index contributed by atoms with van der Waals surface area (Å²) in [6.07, 6.45) is 0.408. The van der Waals surface area contributed by atoms with E-state index in [0.717, 1.165) is 0 Å². The first kappa shape index (κ1) is 20.3. The van der Waals surface area contributed by atoms with Crippen LogP contribution in [0.1, 0.15) is 28.8 Å². The highest BCUT2D eigenvalue weighted by atomic mass is 35.5. The predicted molar refractivity (Wildman–Crippen MR) is 102 cm³/mol. The summed E-state index contributed by atoms with van der Waals surface area (Å²) in [5.74, 6) is 5.46. The van der Waals surface area contributed by atoms with Crippen molar-refractivity contribution < 1.29 is 19.5 Å². The second-order valence-corrected chi connectivity index (χ2v) is 6.06. The third-order valence-electron chi connectivity index (χ3n) is 3.52. The lowest BCUT2D eigenvalue weighted by Crippen LogP contribution is -2.29. The Morgan fingerprint density at radius 1 is 1.11 bits per heavy atom. The topological polar surface area (TPSA) is 92.9 Å². The maximum absolute atomic E-state index is 12.1. The monoisotopic (exact) mass is 386 g/mol. The van der Waals surface area contributed by atoms with Gasteiger partial charge < -0.3 is 10.5 Å². The van der Waals surface area contributed by atoms with E-state index in [1.54, 1.807) is 48.5 Å². The van der Waals surface area contributed by atoms with Crippen LogP contribution in [-0.4, -0.2) is 35.2 Å². The molecule has 0 saturated carbocycles. The molecule has 0 aliphatic heterocycles. The van der Waals surface area contributed by atoms with E-state index < -0.39 is 11.8 Å². The molecule has 0 atom stereocenters. The van der Waals surface area contributed by atoms with Crippen molar-refractivity contribution in [2.45, 2.75) is 12.8 Å². The van der Waals surface area contributed by atoms with Gasteiger partial charge in [-0.15, -0.1) is 0 Å². The van der Waals surface area contributed by atoms with Crippen molar-refractivity contribution in [2.24, 2.45) is 5.73 Å². The molecule has 140 valence electrons. The summed E-state index contributed by atoms with van der Waals surface area (Å²) in [5, 5.41) is 10.9. The van der Waals surface area contributed by atoms with Crippen LogP contribution in [0.2, 0.25) is 5.02 Å². The van der Waals surface area contributed by atoms with Gasteiger partial charge in [0.15, 0.2) is 0 Å². The van der Waals surface area contributed by atoms with Gasteiger partial charge in [0.25, 0.3) is 5.91 Å². The fourth-order valence-corrected chi connectivity index (χ4v) is 2.26. The molecule has 7 heteroatoms. The number of nitrogens with two attached hydrogens (primary N) is 1. The average molecular weight is 387 g/mol. The number of carbonyl (C=O) groups excluding carboxylic acids is 2. The summed E-state index contributed by atoms with van der Waals surface area (Å²) in [4.78, 5) is 22.7. The fraction of sp³-hybridized carbons (Fsp3) is 0.200. The molecule has 0 saturated heterocycles. The summed E-state index contributed by atoms with van der Waals surface area (Å²) < 4.78 is 5.47. The zero-order valence-electron chi connectivity index (χ0n) is 14.5. The molecule has 0 fully saturated rings. The summed E-state index contributed by atoms with van der Waals surface area (Å²) in [7, 11) is 0. The Morgan fingerprint density at radius 3 is 2.41 bits per heavy atom. The lowest BCUT2D eigenvalue weighted by molar-refractivity contribution is -0.118. The number of ether oxygens (including phenoxy) is 1. The van der Waals surface area contributed by atoms with Crippen molar-refractivity contribution in [3.63, 3.8) is 0 Å². The first-order valence-corrected chi connectivity index (χ1v) is 8.60. The van der Waals surface area contributed by atoms with Crippen molar-refractivity contribution >= 4 is 23.4 Å². The number of nitrogens with zero attached hydrogens (tertiary/aromatic N) is 1. The highest BCUT2D eigenvalue weighted by molar-refractivity contribution is 6.30. The van der Waals surface area contributed by atoms with E-state index >= 15 is 0 Å². The SMILES string of the molecule is NC(=O)CCCN(O)C(=O)c1ccc(C#CCOc2ccc(Cl)cc2)cc1. The zero-order valence-corrected chi connectivity index (χ0v) is 15.3. The molecule has 2 aromatic rings. The highest BCUT2D eigenvalue weighted by Gasteiger charge is 2.13. The molecule has 0 aliphatic carbocycles. The number of carbonyl (C=O) groups is 2. The minimum Gasteiger partial charge on any atom is -0.481 e. The molecule has 3 N–H and O–H groups in total. The van der Waals surface area contributed by atoms with E-state index in [2.05, 4.69) is 11.8 Å². The molecular formula is C20H19ClN2O4. The van der Waals surface area contributed by atoms with Crippen LogP contribution in [0.15, 0.2) is 48.5 Å². The molecule has 0 aromatic heterocycles.